The number of nitrogens with one attached hydrogen (secondary N) is 1. The predicted octanol–water partition coefficient (Wildman–Crippen LogP) is 3.84. The number of methoxy groups -OCH3 is 1. The van der Waals surface area contributed by atoms with E-state index in [2.05, 4.69) is 28.2 Å². The van der Waals surface area contributed by atoms with E-state index in [0.717, 1.165) is 67.2 Å². The van der Waals surface area contributed by atoms with Gasteiger partial charge in [0.05, 0.1) is 6.61 Å². The van der Waals surface area contributed by atoms with Gasteiger partial charge in [-0.05, 0) is 72.6 Å². The summed E-state index contributed by atoms with van der Waals surface area (Å²) < 4.78 is 5.17. The van der Waals surface area contributed by atoms with E-state index in [9.17, 15) is 9.59 Å². The van der Waals surface area contributed by atoms with Gasteiger partial charge in [-0.1, -0.05) is 24.3 Å². The monoisotopic (exact) mass is 529 g/mol. The lowest BCUT2D eigenvalue weighted by Gasteiger charge is -2.33. The number of nitrogens with two attached hydrogens (primary N) is 1. The maximum absolute atomic E-state index is 13.2. The summed E-state index contributed by atoms with van der Waals surface area (Å²) >= 11 is 0. The van der Waals surface area contributed by atoms with E-state index in [1.165, 1.54) is 0 Å². The minimum Gasteiger partial charge on any atom is -0.383 e. The Morgan fingerprint density at radius 3 is 2.49 bits per heavy atom. The first-order valence-corrected chi connectivity index (χ1v) is 13.3. The maximum Gasteiger partial charge on any atom is 0.255 e. The molecule has 1 saturated heterocycles. The number of likely N-dealkylation sites (N-methyl/N-ethyl adjacent to an activating group) is 2. The summed E-state index contributed by atoms with van der Waals surface area (Å²) in [5.74, 6) is -0.666. The zero-order chi connectivity index (χ0) is 27.9. The molecule has 0 aromatic heterocycles. The number of hydrogen-bond acceptors (Lipinski definition) is 6. The summed E-state index contributed by atoms with van der Waals surface area (Å²) in [6.07, 6.45) is 0. The molecule has 206 valence electrons. The van der Waals surface area contributed by atoms with Crippen molar-refractivity contribution in [3.05, 3.63) is 82.9 Å². The van der Waals surface area contributed by atoms with Gasteiger partial charge in [-0.15, -0.1) is 0 Å². The Balaban J connectivity index is 1.63. The number of carbonyl (C=O) groups excluding carboxylic acids is 2. The number of carbonyl (C=O) groups is 2. The standard InChI is InChI=1S/C31H39N5O3/c1-22-11-12-25(33-31(38)23-7-5-9-26(19-23)35(3)17-18-39-4)20-28(22)29-24(8-6-10-27(29)30(32)37)21-36-15-13-34(2)14-16-36/h5-12,19-20H,13-18,21H2,1-4H3,(H2,32,37)(H,33,38). The van der Waals surface area contributed by atoms with Gasteiger partial charge >= 0.3 is 0 Å². The summed E-state index contributed by atoms with van der Waals surface area (Å²) in [7, 11) is 5.78. The number of piperazine rings is 1. The van der Waals surface area contributed by atoms with Crippen LogP contribution in [0.3, 0.4) is 0 Å². The number of primary amides is 1. The van der Waals surface area contributed by atoms with Crippen molar-refractivity contribution in [2.24, 2.45) is 5.73 Å². The minimum absolute atomic E-state index is 0.201. The van der Waals surface area contributed by atoms with Crippen molar-refractivity contribution in [3.8, 4) is 11.1 Å². The molecule has 3 aromatic rings. The smallest absolute Gasteiger partial charge is 0.255 e. The number of nitrogens with zero attached hydrogens (tertiary/aromatic N) is 3. The van der Waals surface area contributed by atoms with Gasteiger partial charge in [0.15, 0.2) is 0 Å². The van der Waals surface area contributed by atoms with E-state index in [0.29, 0.717) is 23.4 Å². The SMILES string of the molecule is COCCN(C)c1cccc(C(=O)Nc2ccc(C)c(-c3c(CN4CCN(C)CC4)cccc3C(N)=O)c2)c1. The second-order valence-corrected chi connectivity index (χ2v) is 10.2. The average Bonchev–Trinajstić information content (AvgIpc) is 2.94. The van der Waals surface area contributed by atoms with Gasteiger partial charge in [0.1, 0.15) is 0 Å². The van der Waals surface area contributed by atoms with Crippen molar-refractivity contribution in [1.82, 2.24) is 9.80 Å². The summed E-state index contributed by atoms with van der Waals surface area (Å²) in [5, 5.41) is 3.05. The summed E-state index contributed by atoms with van der Waals surface area (Å²) in [4.78, 5) is 32.5. The Morgan fingerprint density at radius 1 is 1.03 bits per heavy atom. The van der Waals surface area contributed by atoms with Crippen LogP contribution in [-0.4, -0.2) is 82.1 Å². The number of ether oxygens (including phenoxy) is 1. The van der Waals surface area contributed by atoms with Crippen LogP contribution in [0.5, 0.6) is 0 Å². The van der Waals surface area contributed by atoms with Gasteiger partial charge < -0.3 is 25.6 Å². The molecule has 2 amide bonds. The molecule has 3 aromatic carbocycles. The van der Waals surface area contributed by atoms with Crippen molar-refractivity contribution >= 4 is 23.2 Å². The fourth-order valence-electron chi connectivity index (χ4n) is 4.92. The number of aryl methyl sites for hydroxylation is 1. The number of benzene rings is 3. The Hall–Kier alpha value is -3.72. The highest BCUT2D eigenvalue weighted by atomic mass is 16.5. The van der Waals surface area contributed by atoms with Crippen LogP contribution in [0, 0.1) is 6.92 Å². The molecule has 1 aliphatic rings. The molecule has 0 spiro atoms. The molecular weight excluding hydrogens is 490 g/mol. The van der Waals surface area contributed by atoms with Crippen LogP contribution in [0.4, 0.5) is 11.4 Å². The van der Waals surface area contributed by atoms with E-state index in [1.54, 1.807) is 19.2 Å². The van der Waals surface area contributed by atoms with Crippen molar-refractivity contribution in [1.29, 1.82) is 0 Å². The zero-order valence-corrected chi connectivity index (χ0v) is 23.4. The first kappa shape index (κ1) is 28.3. The summed E-state index contributed by atoms with van der Waals surface area (Å²) in [5.41, 5.74) is 12.3. The molecule has 0 aliphatic carbocycles. The molecule has 39 heavy (non-hydrogen) atoms. The fourth-order valence-corrected chi connectivity index (χ4v) is 4.92. The highest BCUT2D eigenvalue weighted by Gasteiger charge is 2.21. The lowest BCUT2D eigenvalue weighted by Crippen LogP contribution is -2.44. The molecule has 0 atom stereocenters. The van der Waals surface area contributed by atoms with Crippen molar-refractivity contribution in [2.75, 3.05) is 70.8 Å². The van der Waals surface area contributed by atoms with E-state index in [-0.39, 0.29) is 5.91 Å². The minimum atomic E-state index is -0.464. The molecule has 0 radical (unpaired) electrons. The molecule has 1 aliphatic heterocycles. The van der Waals surface area contributed by atoms with Gasteiger partial charge in [0, 0.05) is 75.9 Å². The molecule has 0 saturated carbocycles. The maximum atomic E-state index is 13.2. The Bertz CT molecular complexity index is 1320. The highest BCUT2D eigenvalue weighted by Crippen LogP contribution is 2.34. The molecule has 8 nitrogen and oxygen atoms in total. The highest BCUT2D eigenvalue weighted by molar-refractivity contribution is 6.06. The molecular formula is C31H39N5O3. The van der Waals surface area contributed by atoms with Crippen LogP contribution in [-0.2, 0) is 11.3 Å². The van der Waals surface area contributed by atoms with Gasteiger partial charge in [-0.25, -0.2) is 0 Å². The van der Waals surface area contributed by atoms with E-state index >= 15 is 0 Å². The van der Waals surface area contributed by atoms with Gasteiger partial charge in [-0.3, -0.25) is 14.5 Å². The predicted molar refractivity (Wildman–Crippen MR) is 157 cm³/mol. The van der Waals surface area contributed by atoms with Gasteiger partial charge in [0.2, 0.25) is 5.91 Å². The lowest BCUT2D eigenvalue weighted by atomic mass is 9.90. The van der Waals surface area contributed by atoms with Crippen molar-refractivity contribution in [2.45, 2.75) is 13.5 Å². The Labute approximate surface area is 231 Å². The largest absolute Gasteiger partial charge is 0.383 e. The van der Waals surface area contributed by atoms with Crippen LogP contribution in [0.1, 0.15) is 31.8 Å². The molecule has 0 unspecified atom stereocenters. The lowest BCUT2D eigenvalue weighted by molar-refractivity contribution is 0.0997. The quantitative estimate of drug-likeness (QED) is 0.415. The third kappa shape index (κ3) is 7.03. The zero-order valence-electron chi connectivity index (χ0n) is 23.4. The molecule has 4 rings (SSSR count). The molecule has 8 heteroatoms. The normalized spacial score (nSPS) is 14.3. The van der Waals surface area contributed by atoms with Crippen LogP contribution in [0.15, 0.2) is 60.7 Å². The molecule has 0 bridgehead atoms. The topological polar surface area (TPSA) is 91.1 Å². The van der Waals surface area contributed by atoms with Crippen LogP contribution >= 0.6 is 0 Å². The number of hydrogen-bond donors (Lipinski definition) is 2. The second kappa shape index (κ2) is 12.9. The van der Waals surface area contributed by atoms with Crippen LogP contribution < -0.4 is 16.0 Å². The first-order chi connectivity index (χ1) is 18.8. The summed E-state index contributed by atoms with van der Waals surface area (Å²) in [6.45, 7) is 8.00. The van der Waals surface area contributed by atoms with Crippen LogP contribution in [0.2, 0.25) is 0 Å². The summed E-state index contributed by atoms with van der Waals surface area (Å²) in [6, 6.07) is 19.1. The van der Waals surface area contributed by atoms with E-state index < -0.39 is 5.91 Å². The Kier molecular flexibility index (Phi) is 9.35. The van der Waals surface area contributed by atoms with Gasteiger partial charge in [-0.2, -0.15) is 0 Å². The molecule has 3 N–H and O–H groups in total. The number of rotatable bonds is 10. The van der Waals surface area contributed by atoms with Crippen LogP contribution in [0.25, 0.3) is 11.1 Å². The third-order valence-electron chi connectivity index (χ3n) is 7.35. The number of anilines is 2. The van der Waals surface area contributed by atoms with E-state index in [1.807, 2.05) is 61.3 Å². The Morgan fingerprint density at radius 2 is 1.77 bits per heavy atom. The third-order valence-corrected chi connectivity index (χ3v) is 7.35. The average molecular weight is 530 g/mol. The first-order valence-electron chi connectivity index (χ1n) is 13.3. The second-order valence-electron chi connectivity index (χ2n) is 10.2. The van der Waals surface area contributed by atoms with Gasteiger partial charge in [0.25, 0.3) is 5.91 Å². The number of amides is 2. The fraction of sp³-hybridized carbons (Fsp3) is 0.355. The van der Waals surface area contributed by atoms with E-state index in [4.69, 9.17) is 10.5 Å². The van der Waals surface area contributed by atoms with Crippen molar-refractivity contribution in [3.63, 3.8) is 0 Å². The molecule has 1 fully saturated rings. The molecule has 1 heterocycles. The van der Waals surface area contributed by atoms with Crippen molar-refractivity contribution < 1.29 is 14.3 Å².